The van der Waals surface area contributed by atoms with Crippen LogP contribution in [0.1, 0.15) is 25.1 Å². The van der Waals surface area contributed by atoms with Gasteiger partial charge in [0, 0.05) is 11.1 Å². The van der Waals surface area contributed by atoms with Crippen LogP contribution in [0.5, 0.6) is 0 Å². The molecule has 1 aromatic heterocycles. The second-order valence-corrected chi connectivity index (χ2v) is 3.72. The van der Waals surface area contributed by atoms with E-state index in [1.54, 1.807) is 0 Å². The van der Waals surface area contributed by atoms with Crippen molar-refractivity contribution in [3.63, 3.8) is 0 Å². The molecule has 78 valence electrons. The lowest BCUT2D eigenvalue weighted by Gasteiger charge is -2.08. The Bertz CT molecular complexity index is 489. The van der Waals surface area contributed by atoms with Crippen molar-refractivity contribution < 1.29 is 0 Å². The van der Waals surface area contributed by atoms with Crippen LogP contribution < -0.4 is 5.73 Å². The van der Waals surface area contributed by atoms with Crippen molar-refractivity contribution in [1.29, 1.82) is 0 Å². The van der Waals surface area contributed by atoms with Crippen molar-refractivity contribution in [1.82, 2.24) is 4.98 Å². The van der Waals surface area contributed by atoms with Crippen LogP contribution in [-0.2, 0) is 12.8 Å². The molecule has 2 nitrogen and oxygen atoms in total. The molecule has 0 aliphatic rings. The third-order valence-corrected chi connectivity index (χ3v) is 2.76. The fraction of sp³-hybridized carbons (Fsp3) is 0.308. The molecule has 0 radical (unpaired) electrons. The van der Waals surface area contributed by atoms with E-state index in [0.29, 0.717) is 0 Å². The van der Waals surface area contributed by atoms with Gasteiger partial charge in [-0.3, -0.25) is 4.98 Å². The number of nitrogens with two attached hydrogens (primary N) is 1. The number of benzene rings is 1. The average molecular weight is 200 g/mol. The number of nitrogens with zero attached hydrogens (tertiary/aromatic N) is 1. The molecule has 1 heterocycles. The maximum absolute atomic E-state index is 5.91. The Balaban J connectivity index is 2.75. The molecule has 15 heavy (non-hydrogen) atoms. The van der Waals surface area contributed by atoms with E-state index in [4.69, 9.17) is 5.73 Å². The number of rotatable bonds is 2. The molecule has 0 fully saturated rings. The minimum Gasteiger partial charge on any atom is -0.397 e. The smallest absolute Gasteiger partial charge is 0.0934 e. The minimum atomic E-state index is 0.768. The lowest BCUT2D eigenvalue weighted by molar-refractivity contribution is 0.982. The monoisotopic (exact) mass is 200 g/mol. The molecule has 2 rings (SSSR count). The highest BCUT2D eigenvalue weighted by Gasteiger charge is 2.05. The molecule has 0 saturated carbocycles. The molecule has 2 aromatic rings. The predicted octanol–water partition coefficient (Wildman–Crippen LogP) is 2.94. The van der Waals surface area contributed by atoms with Gasteiger partial charge in [0.2, 0.25) is 0 Å². The van der Waals surface area contributed by atoms with E-state index in [0.717, 1.165) is 29.4 Å². The number of aryl methyl sites for hydroxylation is 2. The number of aromatic nitrogens is 1. The third-order valence-electron chi connectivity index (χ3n) is 2.76. The molecule has 0 saturated heterocycles. The quantitative estimate of drug-likeness (QED) is 0.757. The first-order valence-corrected chi connectivity index (χ1v) is 5.43. The summed E-state index contributed by atoms with van der Waals surface area (Å²) in [6, 6.07) is 8.15. The molecule has 0 spiro atoms. The molecule has 0 atom stereocenters. The third kappa shape index (κ3) is 1.67. The summed E-state index contributed by atoms with van der Waals surface area (Å²) in [5.41, 5.74) is 10.1. The summed E-state index contributed by atoms with van der Waals surface area (Å²) in [7, 11) is 0. The number of hydrogen-bond acceptors (Lipinski definition) is 2. The Kier molecular flexibility index (Phi) is 2.58. The van der Waals surface area contributed by atoms with Gasteiger partial charge in [0.05, 0.1) is 11.2 Å². The van der Waals surface area contributed by atoms with Gasteiger partial charge in [0.15, 0.2) is 0 Å². The average Bonchev–Trinajstić information content (AvgIpc) is 2.28. The Hall–Kier alpha value is -1.57. The summed E-state index contributed by atoms with van der Waals surface area (Å²) in [5.74, 6) is 0. The number of nitrogen functional groups attached to an aromatic ring is 1. The first kappa shape index (κ1) is 9.97. The zero-order valence-corrected chi connectivity index (χ0v) is 9.25. The van der Waals surface area contributed by atoms with Crippen LogP contribution in [-0.4, -0.2) is 4.98 Å². The summed E-state index contributed by atoms with van der Waals surface area (Å²) in [6.07, 6.45) is 1.99. The van der Waals surface area contributed by atoms with E-state index in [1.807, 2.05) is 12.1 Å². The van der Waals surface area contributed by atoms with Gasteiger partial charge in [0.1, 0.15) is 0 Å². The summed E-state index contributed by atoms with van der Waals surface area (Å²) in [4.78, 5) is 4.64. The number of anilines is 1. The Morgan fingerprint density at radius 3 is 2.67 bits per heavy atom. The topological polar surface area (TPSA) is 38.9 Å². The van der Waals surface area contributed by atoms with Crippen molar-refractivity contribution in [3.05, 3.63) is 35.5 Å². The van der Waals surface area contributed by atoms with Gasteiger partial charge >= 0.3 is 0 Å². The zero-order valence-electron chi connectivity index (χ0n) is 9.25. The van der Waals surface area contributed by atoms with Crippen LogP contribution in [0, 0.1) is 0 Å². The molecular formula is C13H16N2. The molecule has 1 aromatic carbocycles. The molecular weight excluding hydrogens is 184 g/mol. The molecule has 0 bridgehead atoms. The van der Waals surface area contributed by atoms with Crippen molar-refractivity contribution in [2.75, 3.05) is 5.73 Å². The highest BCUT2D eigenvalue weighted by atomic mass is 14.7. The van der Waals surface area contributed by atoms with Gasteiger partial charge in [-0.05, 0) is 30.5 Å². The summed E-state index contributed by atoms with van der Waals surface area (Å²) in [5, 5.41) is 1.14. The van der Waals surface area contributed by atoms with E-state index in [2.05, 4.69) is 31.0 Å². The fourth-order valence-electron chi connectivity index (χ4n) is 1.92. The van der Waals surface area contributed by atoms with Gasteiger partial charge in [-0.2, -0.15) is 0 Å². The lowest BCUT2D eigenvalue weighted by atomic mass is 10.1. The van der Waals surface area contributed by atoms with Gasteiger partial charge < -0.3 is 5.73 Å². The van der Waals surface area contributed by atoms with E-state index in [9.17, 15) is 0 Å². The zero-order chi connectivity index (χ0) is 10.8. The van der Waals surface area contributed by atoms with Gasteiger partial charge in [-0.25, -0.2) is 0 Å². The summed E-state index contributed by atoms with van der Waals surface area (Å²) < 4.78 is 0. The van der Waals surface area contributed by atoms with Crippen LogP contribution in [0.25, 0.3) is 10.9 Å². The first-order chi connectivity index (χ1) is 7.26. The number of fused-ring (bicyclic) bond motifs is 1. The SMILES string of the molecule is CCc1cc2cccc(N)c2nc1CC. The number of hydrogen-bond donors (Lipinski definition) is 1. The van der Waals surface area contributed by atoms with Crippen molar-refractivity contribution in [2.24, 2.45) is 0 Å². The van der Waals surface area contributed by atoms with Crippen LogP contribution in [0.3, 0.4) is 0 Å². The Labute approximate surface area is 90.1 Å². The lowest BCUT2D eigenvalue weighted by Crippen LogP contribution is -1.98. The molecule has 0 unspecified atom stereocenters. The number of pyridine rings is 1. The molecule has 0 aliphatic carbocycles. The molecule has 0 aliphatic heterocycles. The van der Waals surface area contributed by atoms with Crippen molar-refractivity contribution >= 4 is 16.6 Å². The van der Waals surface area contributed by atoms with E-state index >= 15 is 0 Å². The Morgan fingerprint density at radius 2 is 2.00 bits per heavy atom. The highest BCUT2D eigenvalue weighted by Crippen LogP contribution is 2.22. The fourth-order valence-corrected chi connectivity index (χ4v) is 1.92. The first-order valence-electron chi connectivity index (χ1n) is 5.43. The molecule has 0 amide bonds. The molecule has 2 N–H and O–H groups in total. The second kappa shape index (κ2) is 3.89. The van der Waals surface area contributed by atoms with Crippen LogP contribution in [0.15, 0.2) is 24.3 Å². The standard InChI is InChI=1S/C13H16N2/c1-3-9-8-10-6-5-7-11(14)13(10)15-12(9)4-2/h5-8H,3-4,14H2,1-2H3. The highest BCUT2D eigenvalue weighted by molar-refractivity contribution is 5.89. The van der Waals surface area contributed by atoms with Gasteiger partial charge in [-0.1, -0.05) is 26.0 Å². The van der Waals surface area contributed by atoms with Crippen molar-refractivity contribution in [2.45, 2.75) is 26.7 Å². The summed E-state index contributed by atoms with van der Waals surface area (Å²) >= 11 is 0. The van der Waals surface area contributed by atoms with Crippen LogP contribution in [0.2, 0.25) is 0 Å². The normalized spacial score (nSPS) is 10.8. The second-order valence-electron chi connectivity index (χ2n) is 3.72. The maximum atomic E-state index is 5.91. The molecule has 2 heteroatoms. The Morgan fingerprint density at radius 1 is 1.20 bits per heavy atom. The predicted molar refractivity (Wildman–Crippen MR) is 64.9 cm³/mol. The van der Waals surface area contributed by atoms with Crippen molar-refractivity contribution in [3.8, 4) is 0 Å². The van der Waals surface area contributed by atoms with Crippen LogP contribution >= 0.6 is 0 Å². The van der Waals surface area contributed by atoms with E-state index in [1.165, 1.54) is 11.3 Å². The maximum Gasteiger partial charge on any atom is 0.0934 e. The van der Waals surface area contributed by atoms with E-state index < -0.39 is 0 Å². The minimum absolute atomic E-state index is 0.768. The largest absolute Gasteiger partial charge is 0.397 e. The summed E-state index contributed by atoms with van der Waals surface area (Å²) in [6.45, 7) is 4.29. The van der Waals surface area contributed by atoms with Crippen LogP contribution in [0.4, 0.5) is 5.69 Å². The number of para-hydroxylation sites is 1. The van der Waals surface area contributed by atoms with E-state index in [-0.39, 0.29) is 0 Å². The van der Waals surface area contributed by atoms with Gasteiger partial charge in [0.25, 0.3) is 0 Å². The van der Waals surface area contributed by atoms with Gasteiger partial charge in [-0.15, -0.1) is 0 Å².